The summed E-state index contributed by atoms with van der Waals surface area (Å²) in [4.78, 5) is 16.0. The molecule has 1 aromatic rings. The second-order valence-electron chi connectivity index (χ2n) is 3.21. The van der Waals surface area contributed by atoms with Crippen molar-refractivity contribution in [2.24, 2.45) is 4.99 Å². The molecule has 0 bridgehead atoms. The molecule has 0 fully saturated rings. The van der Waals surface area contributed by atoms with Crippen molar-refractivity contribution < 1.29 is 4.79 Å². The molecule has 0 unspecified atom stereocenters. The van der Waals surface area contributed by atoms with E-state index in [4.69, 9.17) is 0 Å². The van der Waals surface area contributed by atoms with E-state index in [1.165, 1.54) is 0 Å². The molecule has 0 aliphatic heterocycles. The van der Waals surface area contributed by atoms with Crippen molar-refractivity contribution in [3.05, 3.63) is 29.8 Å². The first-order valence-corrected chi connectivity index (χ1v) is 5.20. The Bertz CT molecular complexity index is 352. The fourth-order valence-electron chi connectivity index (χ4n) is 1.63. The van der Waals surface area contributed by atoms with E-state index in [9.17, 15) is 4.79 Å². The number of aliphatic imine (C=N–C) groups is 1. The van der Waals surface area contributed by atoms with Crippen LogP contribution in [-0.2, 0) is 11.3 Å². The molecule has 3 nitrogen and oxygen atoms in total. The molecule has 0 spiro atoms. The third-order valence-electron chi connectivity index (χ3n) is 2.41. The van der Waals surface area contributed by atoms with Gasteiger partial charge in [0.1, 0.15) is 0 Å². The second kappa shape index (κ2) is 5.99. The number of hydrogen-bond donors (Lipinski definition) is 0. The average Bonchev–Trinajstić information content (AvgIpc) is 2.29. The maximum absolute atomic E-state index is 10.1. The van der Waals surface area contributed by atoms with Crippen molar-refractivity contribution in [2.45, 2.75) is 20.4 Å². The van der Waals surface area contributed by atoms with E-state index < -0.39 is 0 Å². The molecule has 0 amide bonds. The van der Waals surface area contributed by atoms with Crippen molar-refractivity contribution in [1.82, 2.24) is 0 Å². The lowest BCUT2D eigenvalue weighted by atomic mass is 10.1. The van der Waals surface area contributed by atoms with Crippen LogP contribution in [-0.4, -0.2) is 19.2 Å². The first-order chi connectivity index (χ1) is 7.33. The highest BCUT2D eigenvalue weighted by atomic mass is 16.1. The smallest absolute Gasteiger partial charge is 0.235 e. The van der Waals surface area contributed by atoms with Gasteiger partial charge in [0.25, 0.3) is 0 Å². The Morgan fingerprint density at radius 3 is 2.53 bits per heavy atom. The van der Waals surface area contributed by atoms with Crippen LogP contribution in [0.25, 0.3) is 0 Å². The molecule has 0 atom stereocenters. The van der Waals surface area contributed by atoms with Gasteiger partial charge in [-0.2, -0.15) is 0 Å². The standard InChI is InChI=1S/C12H16N2O/c1-3-14(4-2)12-8-6-5-7-11(12)9-13-10-15/h5-8H,3-4,9H2,1-2H3. The zero-order valence-corrected chi connectivity index (χ0v) is 9.23. The van der Waals surface area contributed by atoms with Gasteiger partial charge >= 0.3 is 0 Å². The molecule has 15 heavy (non-hydrogen) atoms. The Kier molecular flexibility index (Phi) is 4.58. The molecule has 0 heterocycles. The van der Waals surface area contributed by atoms with E-state index in [-0.39, 0.29) is 0 Å². The van der Waals surface area contributed by atoms with E-state index in [0.717, 1.165) is 24.3 Å². The van der Waals surface area contributed by atoms with Crippen molar-refractivity contribution in [2.75, 3.05) is 18.0 Å². The molecule has 0 saturated heterocycles. The van der Waals surface area contributed by atoms with Crippen LogP contribution in [0.1, 0.15) is 19.4 Å². The first-order valence-electron chi connectivity index (χ1n) is 5.20. The van der Waals surface area contributed by atoms with Crippen LogP contribution in [0.3, 0.4) is 0 Å². The topological polar surface area (TPSA) is 32.7 Å². The summed E-state index contributed by atoms with van der Waals surface area (Å²) in [5.74, 6) is 0. The minimum Gasteiger partial charge on any atom is -0.372 e. The minimum absolute atomic E-state index is 0.413. The van der Waals surface area contributed by atoms with Gasteiger partial charge < -0.3 is 4.90 Å². The van der Waals surface area contributed by atoms with Gasteiger partial charge in [-0.05, 0) is 25.5 Å². The van der Waals surface area contributed by atoms with Crippen LogP contribution in [0, 0.1) is 0 Å². The van der Waals surface area contributed by atoms with Gasteiger partial charge in [-0.3, -0.25) is 0 Å². The van der Waals surface area contributed by atoms with Crippen LogP contribution < -0.4 is 4.90 Å². The lowest BCUT2D eigenvalue weighted by Gasteiger charge is -2.23. The van der Waals surface area contributed by atoms with Gasteiger partial charge in [0.05, 0.1) is 6.54 Å². The minimum atomic E-state index is 0.413. The van der Waals surface area contributed by atoms with Crippen LogP contribution in [0.2, 0.25) is 0 Å². The molecule has 0 saturated carbocycles. The number of anilines is 1. The fraction of sp³-hybridized carbons (Fsp3) is 0.417. The molecule has 80 valence electrons. The average molecular weight is 204 g/mol. The number of rotatable bonds is 5. The van der Waals surface area contributed by atoms with Crippen LogP contribution in [0.15, 0.2) is 29.3 Å². The Morgan fingerprint density at radius 2 is 1.93 bits per heavy atom. The lowest BCUT2D eigenvalue weighted by Crippen LogP contribution is -2.22. The molecule has 0 aliphatic carbocycles. The largest absolute Gasteiger partial charge is 0.372 e. The van der Waals surface area contributed by atoms with Crippen LogP contribution >= 0.6 is 0 Å². The highest BCUT2D eigenvalue weighted by Gasteiger charge is 2.06. The van der Waals surface area contributed by atoms with Crippen molar-refractivity contribution in [1.29, 1.82) is 0 Å². The monoisotopic (exact) mass is 204 g/mol. The number of para-hydroxylation sites is 1. The molecule has 0 aromatic heterocycles. The molecular formula is C12H16N2O. The normalized spacial score (nSPS) is 9.47. The molecule has 1 rings (SSSR count). The quantitative estimate of drug-likeness (QED) is 0.545. The highest BCUT2D eigenvalue weighted by Crippen LogP contribution is 2.20. The predicted octanol–water partition coefficient (Wildman–Crippen LogP) is 2.37. The predicted molar refractivity (Wildman–Crippen MR) is 61.8 cm³/mol. The van der Waals surface area contributed by atoms with E-state index >= 15 is 0 Å². The van der Waals surface area contributed by atoms with Gasteiger partial charge in [-0.25, -0.2) is 9.79 Å². The second-order valence-corrected chi connectivity index (χ2v) is 3.21. The maximum atomic E-state index is 10.1. The zero-order valence-electron chi connectivity index (χ0n) is 9.23. The van der Waals surface area contributed by atoms with E-state index in [1.807, 2.05) is 18.2 Å². The summed E-state index contributed by atoms with van der Waals surface area (Å²) in [6.45, 7) is 6.55. The molecule has 0 N–H and O–H groups in total. The van der Waals surface area contributed by atoms with Crippen LogP contribution in [0.4, 0.5) is 5.69 Å². The van der Waals surface area contributed by atoms with Crippen LogP contribution in [0.5, 0.6) is 0 Å². The summed E-state index contributed by atoms with van der Waals surface area (Å²) in [5, 5.41) is 0. The molecule has 0 aliphatic rings. The van der Waals surface area contributed by atoms with E-state index in [0.29, 0.717) is 6.54 Å². The highest BCUT2D eigenvalue weighted by molar-refractivity contribution is 5.54. The molecule has 0 radical (unpaired) electrons. The number of benzene rings is 1. The molecule has 3 heteroatoms. The van der Waals surface area contributed by atoms with E-state index in [1.54, 1.807) is 6.08 Å². The number of isocyanates is 1. The van der Waals surface area contributed by atoms with Gasteiger partial charge in [-0.15, -0.1) is 0 Å². The first kappa shape index (κ1) is 11.5. The fourth-order valence-corrected chi connectivity index (χ4v) is 1.63. The Labute approximate surface area is 90.4 Å². The lowest BCUT2D eigenvalue weighted by molar-refractivity contribution is 0.563. The van der Waals surface area contributed by atoms with Gasteiger partial charge in [0.15, 0.2) is 0 Å². The van der Waals surface area contributed by atoms with Crippen molar-refractivity contribution in [3.63, 3.8) is 0 Å². The van der Waals surface area contributed by atoms with Gasteiger partial charge in [0.2, 0.25) is 6.08 Å². The zero-order chi connectivity index (χ0) is 11.1. The number of carbonyl (C=O) groups excluding carboxylic acids is 1. The summed E-state index contributed by atoms with van der Waals surface area (Å²) in [5.41, 5.74) is 2.23. The summed E-state index contributed by atoms with van der Waals surface area (Å²) < 4.78 is 0. The summed E-state index contributed by atoms with van der Waals surface area (Å²) in [7, 11) is 0. The molecule has 1 aromatic carbocycles. The SMILES string of the molecule is CCN(CC)c1ccccc1CN=C=O. The summed E-state index contributed by atoms with van der Waals surface area (Å²) in [6, 6.07) is 8.02. The third kappa shape index (κ3) is 2.93. The van der Waals surface area contributed by atoms with Crippen molar-refractivity contribution in [3.8, 4) is 0 Å². The van der Waals surface area contributed by atoms with Gasteiger partial charge in [0, 0.05) is 18.8 Å². The Balaban J connectivity index is 2.98. The Hall–Kier alpha value is -1.60. The number of hydrogen-bond acceptors (Lipinski definition) is 3. The third-order valence-corrected chi connectivity index (χ3v) is 2.41. The molecular weight excluding hydrogens is 188 g/mol. The van der Waals surface area contributed by atoms with E-state index in [2.05, 4.69) is 29.8 Å². The maximum Gasteiger partial charge on any atom is 0.235 e. The Morgan fingerprint density at radius 1 is 1.27 bits per heavy atom. The van der Waals surface area contributed by atoms with Crippen molar-refractivity contribution >= 4 is 11.8 Å². The summed E-state index contributed by atoms with van der Waals surface area (Å²) >= 11 is 0. The summed E-state index contributed by atoms with van der Waals surface area (Å²) in [6.07, 6.45) is 1.57. The number of nitrogens with zero attached hydrogens (tertiary/aromatic N) is 2. The van der Waals surface area contributed by atoms with Gasteiger partial charge in [-0.1, -0.05) is 18.2 Å².